The highest BCUT2D eigenvalue weighted by Gasteiger charge is 2.54. The van der Waals surface area contributed by atoms with E-state index in [0.29, 0.717) is 0 Å². The van der Waals surface area contributed by atoms with E-state index >= 15 is 0 Å². The van der Waals surface area contributed by atoms with Gasteiger partial charge in [0.15, 0.2) is 0 Å². The summed E-state index contributed by atoms with van der Waals surface area (Å²) in [7, 11) is 0. The van der Waals surface area contributed by atoms with Crippen molar-refractivity contribution in [3.63, 3.8) is 0 Å². The molecule has 3 heterocycles. The van der Waals surface area contributed by atoms with Crippen LogP contribution in [0.3, 0.4) is 0 Å². The maximum absolute atomic E-state index is 11.7. The van der Waals surface area contributed by atoms with Crippen molar-refractivity contribution in [2.24, 2.45) is 0 Å². The zero-order chi connectivity index (χ0) is 20.0. The van der Waals surface area contributed by atoms with Crippen LogP contribution in [0.5, 0.6) is 0 Å². The summed E-state index contributed by atoms with van der Waals surface area (Å²) in [6.07, 6.45) is 6.28. The number of anilines is 1. The third kappa shape index (κ3) is 3.05. The van der Waals surface area contributed by atoms with Crippen molar-refractivity contribution in [3.05, 3.63) is 53.5 Å². The van der Waals surface area contributed by atoms with Crippen LogP contribution in [0.1, 0.15) is 48.5 Å². The van der Waals surface area contributed by atoms with Crippen LogP contribution < -0.4 is 4.90 Å². The molecule has 1 aliphatic carbocycles. The van der Waals surface area contributed by atoms with Gasteiger partial charge in [0, 0.05) is 44.0 Å². The van der Waals surface area contributed by atoms with Crippen LogP contribution in [0, 0.1) is 6.92 Å². The highest BCUT2D eigenvalue weighted by molar-refractivity contribution is 5.49. The van der Waals surface area contributed by atoms with E-state index in [1.54, 1.807) is 12.4 Å². The Morgan fingerprint density at radius 2 is 1.66 bits per heavy atom. The third-order valence-electron chi connectivity index (χ3n) is 7.38. The van der Waals surface area contributed by atoms with Crippen molar-refractivity contribution in [1.82, 2.24) is 14.9 Å². The smallest absolute Gasteiger partial charge is 0.150 e. The van der Waals surface area contributed by atoms with E-state index < -0.39 is 6.10 Å². The van der Waals surface area contributed by atoms with Crippen molar-refractivity contribution in [1.29, 1.82) is 0 Å². The lowest BCUT2D eigenvalue weighted by molar-refractivity contribution is -0.0218. The lowest BCUT2D eigenvalue weighted by Crippen LogP contribution is -2.51. The molecule has 1 aromatic heterocycles. The van der Waals surface area contributed by atoms with Crippen molar-refractivity contribution >= 4 is 5.82 Å². The van der Waals surface area contributed by atoms with Crippen molar-refractivity contribution in [2.75, 3.05) is 31.1 Å². The predicted octanol–water partition coefficient (Wildman–Crippen LogP) is 2.20. The summed E-state index contributed by atoms with van der Waals surface area (Å²) >= 11 is 0. The normalized spacial score (nSPS) is 27.3. The largest absolute Gasteiger partial charge is 0.393 e. The minimum absolute atomic E-state index is 0.0310. The lowest BCUT2D eigenvalue weighted by atomic mass is 9.72. The molecule has 2 atom stereocenters. The Morgan fingerprint density at radius 1 is 0.966 bits per heavy atom. The molecule has 0 radical (unpaired) electrons. The first-order chi connectivity index (χ1) is 14.1. The summed E-state index contributed by atoms with van der Waals surface area (Å²) in [5, 5.41) is 21.6. The second kappa shape index (κ2) is 7.35. The molecule has 0 saturated carbocycles. The molecule has 1 aromatic carbocycles. The Morgan fingerprint density at radius 3 is 2.38 bits per heavy atom. The van der Waals surface area contributed by atoms with Crippen LogP contribution in [-0.2, 0) is 5.41 Å². The van der Waals surface area contributed by atoms with Crippen molar-refractivity contribution < 1.29 is 10.2 Å². The van der Waals surface area contributed by atoms with Crippen molar-refractivity contribution in [2.45, 2.75) is 56.3 Å². The number of nitrogens with zero attached hydrogens (tertiary/aromatic N) is 4. The molecule has 2 N–H and O–H groups in total. The first-order valence-electron chi connectivity index (χ1n) is 10.8. The Kier molecular flexibility index (Phi) is 4.81. The highest BCUT2D eigenvalue weighted by atomic mass is 16.3. The molecule has 3 aliphatic rings. The van der Waals surface area contributed by atoms with Gasteiger partial charge in [-0.1, -0.05) is 24.3 Å². The number of likely N-dealkylation sites (tertiary alicyclic amines) is 1. The van der Waals surface area contributed by atoms with Crippen molar-refractivity contribution in [3.8, 4) is 0 Å². The van der Waals surface area contributed by atoms with E-state index in [1.165, 1.54) is 11.1 Å². The molecule has 2 fully saturated rings. The van der Waals surface area contributed by atoms with Gasteiger partial charge in [0.2, 0.25) is 0 Å². The van der Waals surface area contributed by atoms with Crippen LogP contribution in [0.2, 0.25) is 0 Å². The highest BCUT2D eigenvalue weighted by Crippen LogP contribution is 2.53. The van der Waals surface area contributed by atoms with E-state index in [-0.39, 0.29) is 17.6 Å². The Labute approximate surface area is 172 Å². The zero-order valence-corrected chi connectivity index (χ0v) is 17.0. The van der Waals surface area contributed by atoms with Gasteiger partial charge in [0.25, 0.3) is 0 Å². The molecule has 0 amide bonds. The average Bonchev–Trinajstić information content (AvgIpc) is 2.98. The lowest BCUT2D eigenvalue weighted by Gasteiger charge is -2.45. The molecule has 6 nitrogen and oxygen atoms in total. The SMILES string of the molecule is Cc1nccnc1N1CCC2(CC1)c1ccccc1[C@@H](N1CCC(O)CC1)[C@@H]2O. The quantitative estimate of drug-likeness (QED) is 0.814. The summed E-state index contributed by atoms with van der Waals surface area (Å²) in [5.41, 5.74) is 3.35. The van der Waals surface area contributed by atoms with Gasteiger partial charge in [-0.25, -0.2) is 4.98 Å². The van der Waals surface area contributed by atoms with Gasteiger partial charge in [-0.3, -0.25) is 9.88 Å². The first kappa shape index (κ1) is 19.0. The molecule has 2 aromatic rings. The molecule has 2 aliphatic heterocycles. The number of piperidine rings is 2. The standard InChI is InChI=1S/C23H30N4O2/c1-16-22(25-11-10-24-16)27-14-8-23(9-15-27)19-5-3-2-4-18(19)20(21(23)29)26-12-6-17(28)7-13-26/h2-5,10-11,17,20-21,28-29H,6-9,12-15H2,1H3/t20-,21+/m1/s1. The monoisotopic (exact) mass is 394 g/mol. The number of aliphatic hydroxyl groups excluding tert-OH is 2. The topological polar surface area (TPSA) is 72.7 Å². The molecule has 2 saturated heterocycles. The molecular weight excluding hydrogens is 364 g/mol. The summed E-state index contributed by atoms with van der Waals surface area (Å²) < 4.78 is 0. The Balaban J connectivity index is 1.43. The Hall–Kier alpha value is -2.02. The molecule has 1 spiro atoms. The van der Waals surface area contributed by atoms with E-state index in [9.17, 15) is 10.2 Å². The minimum atomic E-state index is -0.416. The van der Waals surface area contributed by atoms with Crippen LogP contribution >= 0.6 is 0 Å². The number of rotatable bonds is 2. The van der Waals surface area contributed by atoms with Gasteiger partial charge in [-0.2, -0.15) is 0 Å². The first-order valence-corrected chi connectivity index (χ1v) is 10.8. The second-order valence-electron chi connectivity index (χ2n) is 8.85. The molecule has 0 bridgehead atoms. The fraction of sp³-hybridized carbons (Fsp3) is 0.565. The number of benzene rings is 1. The van der Waals surface area contributed by atoms with E-state index in [4.69, 9.17) is 0 Å². The number of hydrogen-bond donors (Lipinski definition) is 2. The summed E-state index contributed by atoms with van der Waals surface area (Å²) in [6.45, 7) is 5.44. The van der Waals surface area contributed by atoms with E-state index in [1.807, 2.05) is 6.92 Å². The second-order valence-corrected chi connectivity index (χ2v) is 8.85. The minimum Gasteiger partial charge on any atom is -0.393 e. The van der Waals surface area contributed by atoms with Gasteiger partial charge in [0.05, 0.1) is 23.9 Å². The van der Waals surface area contributed by atoms with Gasteiger partial charge >= 0.3 is 0 Å². The van der Waals surface area contributed by atoms with Gasteiger partial charge in [-0.15, -0.1) is 0 Å². The number of fused-ring (bicyclic) bond motifs is 2. The molecule has 5 rings (SSSR count). The van der Waals surface area contributed by atoms with Gasteiger partial charge < -0.3 is 15.1 Å². The predicted molar refractivity (Wildman–Crippen MR) is 112 cm³/mol. The average molecular weight is 395 g/mol. The van der Waals surface area contributed by atoms with Crippen LogP contribution in [0.15, 0.2) is 36.7 Å². The maximum Gasteiger partial charge on any atom is 0.150 e. The number of aliphatic hydroxyl groups is 2. The molecule has 6 heteroatoms. The fourth-order valence-corrected chi connectivity index (χ4v) is 5.79. The molecule has 154 valence electrons. The third-order valence-corrected chi connectivity index (χ3v) is 7.38. The van der Waals surface area contributed by atoms with E-state index in [0.717, 1.165) is 63.4 Å². The molecule has 29 heavy (non-hydrogen) atoms. The zero-order valence-electron chi connectivity index (χ0n) is 17.0. The van der Waals surface area contributed by atoms with E-state index in [2.05, 4.69) is 44.0 Å². The number of aromatic nitrogens is 2. The van der Waals surface area contributed by atoms with Crippen LogP contribution in [0.25, 0.3) is 0 Å². The number of hydrogen-bond acceptors (Lipinski definition) is 6. The van der Waals surface area contributed by atoms with Gasteiger partial charge in [-0.05, 0) is 43.7 Å². The summed E-state index contributed by atoms with van der Waals surface area (Å²) in [5.74, 6) is 0.963. The fourth-order valence-electron chi connectivity index (χ4n) is 5.79. The Bertz CT molecular complexity index is 873. The summed E-state index contributed by atoms with van der Waals surface area (Å²) in [6, 6.07) is 8.65. The maximum atomic E-state index is 11.7. The number of aryl methyl sites for hydroxylation is 1. The molecular formula is C23H30N4O2. The summed E-state index contributed by atoms with van der Waals surface area (Å²) in [4.78, 5) is 13.6. The van der Waals surface area contributed by atoms with Crippen LogP contribution in [0.4, 0.5) is 5.82 Å². The van der Waals surface area contributed by atoms with Crippen LogP contribution in [-0.4, -0.2) is 63.5 Å². The van der Waals surface area contributed by atoms with Gasteiger partial charge in [0.1, 0.15) is 5.82 Å². The molecule has 0 unspecified atom stereocenters.